The van der Waals surface area contributed by atoms with Crippen LogP contribution >= 0.6 is 0 Å². The second-order valence-electron chi connectivity index (χ2n) is 6.77. The Morgan fingerprint density at radius 2 is 1.68 bits per heavy atom. The van der Waals surface area contributed by atoms with Gasteiger partial charge >= 0.3 is 0 Å². The summed E-state index contributed by atoms with van der Waals surface area (Å²) in [6.45, 7) is 5.14. The van der Waals surface area contributed by atoms with Gasteiger partial charge in [-0.25, -0.2) is 0 Å². The van der Waals surface area contributed by atoms with Crippen LogP contribution in [0.4, 0.5) is 0 Å². The van der Waals surface area contributed by atoms with Crippen molar-refractivity contribution >= 4 is 0 Å². The molecule has 1 aromatic rings. The topological polar surface area (TPSA) is 9.23 Å². The van der Waals surface area contributed by atoms with Crippen molar-refractivity contribution in [3.63, 3.8) is 0 Å². The monoisotopic (exact) mass is 334 g/mol. The summed E-state index contributed by atoms with van der Waals surface area (Å²) in [7, 11) is 0. The van der Waals surface area contributed by atoms with Crippen LogP contribution in [0.2, 0.25) is 0 Å². The molecular weight excluding hydrogens is 304 g/mol. The second kappa shape index (κ2) is 11.4. The van der Waals surface area contributed by atoms with Crippen LogP contribution in [0, 0.1) is 35.5 Å². The predicted molar refractivity (Wildman–Crippen MR) is 106 cm³/mol. The van der Waals surface area contributed by atoms with Crippen LogP contribution in [0.3, 0.4) is 0 Å². The van der Waals surface area contributed by atoms with Gasteiger partial charge in [0, 0.05) is 11.5 Å². The molecule has 0 heterocycles. The molecule has 0 unspecified atom stereocenters. The molecule has 1 heteroatoms. The lowest BCUT2D eigenvalue weighted by Crippen LogP contribution is -2.12. The normalized spacial score (nSPS) is 19.6. The molecule has 1 aliphatic carbocycles. The molecule has 0 atom stereocenters. The average molecular weight is 335 g/mol. The van der Waals surface area contributed by atoms with Crippen molar-refractivity contribution in [2.75, 3.05) is 6.61 Å². The number of ether oxygens (including phenoxy) is 1. The van der Waals surface area contributed by atoms with Crippen LogP contribution in [0.25, 0.3) is 0 Å². The molecule has 0 aliphatic heterocycles. The van der Waals surface area contributed by atoms with Crippen molar-refractivity contribution in [3.05, 3.63) is 42.0 Å². The lowest BCUT2D eigenvalue weighted by molar-refractivity contribution is 0.300. The van der Waals surface area contributed by atoms with E-state index in [9.17, 15) is 0 Å². The fraction of sp³-hybridized carbons (Fsp3) is 0.500. The van der Waals surface area contributed by atoms with E-state index in [0.29, 0.717) is 5.92 Å². The number of hydrogen-bond acceptors (Lipinski definition) is 1. The molecule has 0 amide bonds. The predicted octanol–water partition coefficient (Wildman–Crippen LogP) is 5.99. The van der Waals surface area contributed by atoms with E-state index in [2.05, 4.69) is 37.5 Å². The summed E-state index contributed by atoms with van der Waals surface area (Å²) < 4.78 is 5.56. The first-order valence-electron chi connectivity index (χ1n) is 9.72. The van der Waals surface area contributed by atoms with Gasteiger partial charge in [0.25, 0.3) is 0 Å². The van der Waals surface area contributed by atoms with Gasteiger partial charge in [0.05, 0.1) is 6.61 Å². The third-order valence-electron chi connectivity index (χ3n) is 4.62. The Bertz CT molecular complexity index is 637. The Morgan fingerprint density at radius 1 is 0.960 bits per heavy atom. The van der Waals surface area contributed by atoms with Crippen LogP contribution in [-0.4, -0.2) is 6.61 Å². The van der Waals surface area contributed by atoms with Crippen molar-refractivity contribution in [3.8, 4) is 29.4 Å². The maximum atomic E-state index is 5.56. The number of hydrogen-bond donors (Lipinski definition) is 0. The minimum absolute atomic E-state index is 0.585. The lowest BCUT2D eigenvalue weighted by atomic mass is 9.80. The Kier molecular flexibility index (Phi) is 8.79. The highest BCUT2D eigenvalue weighted by Gasteiger charge is 2.18. The van der Waals surface area contributed by atoms with Gasteiger partial charge in [-0.05, 0) is 74.4 Å². The first-order chi connectivity index (χ1) is 12.3. The van der Waals surface area contributed by atoms with Crippen LogP contribution in [0.5, 0.6) is 5.75 Å². The molecule has 1 aliphatic rings. The van der Waals surface area contributed by atoms with E-state index in [1.54, 1.807) is 0 Å². The van der Waals surface area contributed by atoms with E-state index < -0.39 is 0 Å². The highest BCUT2D eigenvalue weighted by Crippen LogP contribution is 2.30. The highest BCUT2D eigenvalue weighted by molar-refractivity contribution is 5.40. The molecule has 0 radical (unpaired) electrons. The van der Waals surface area contributed by atoms with E-state index in [0.717, 1.165) is 30.3 Å². The summed E-state index contributed by atoms with van der Waals surface area (Å²) in [5, 5.41) is 0. The molecule has 0 N–H and O–H groups in total. The second-order valence-corrected chi connectivity index (χ2v) is 6.77. The number of benzene rings is 1. The highest BCUT2D eigenvalue weighted by atomic mass is 16.5. The molecule has 25 heavy (non-hydrogen) atoms. The van der Waals surface area contributed by atoms with Gasteiger partial charge < -0.3 is 4.74 Å². The third-order valence-corrected chi connectivity index (χ3v) is 4.62. The molecule has 0 aromatic heterocycles. The SMILES string of the molecule is CCCOc1ccc(C#C/C=C/C#CC2CCC(CCC)CC2)cc1. The minimum Gasteiger partial charge on any atom is -0.494 e. The van der Waals surface area contributed by atoms with E-state index >= 15 is 0 Å². The zero-order chi connectivity index (χ0) is 17.7. The van der Waals surface area contributed by atoms with E-state index in [1.165, 1.54) is 38.5 Å². The van der Waals surface area contributed by atoms with Crippen LogP contribution < -0.4 is 4.74 Å². The largest absolute Gasteiger partial charge is 0.494 e. The summed E-state index contributed by atoms with van der Waals surface area (Å²) >= 11 is 0. The van der Waals surface area contributed by atoms with Gasteiger partial charge in [0.15, 0.2) is 0 Å². The Balaban J connectivity index is 1.74. The van der Waals surface area contributed by atoms with Gasteiger partial charge in [-0.3, -0.25) is 0 Å². The van der Waals surface area contributed by atoms with Crippen molar-refractivity contribution in [2.45, 2.75) is 58.8 Å². The number of rotatable bonds is 5. The smallest absolute Gasteiger partial charge is 0.119 e. The first kappa shape index (κ1) is 19.2. The molecule has 0 spiro atoms. The maximum absolute atomic E-state index is 5.56. The van der Waals surface area contributed by atoms with Gasteiger partial charge in [-0.1, -0.05) is 50.4 Å². The quantitative estimate of drug-likeness (QED) is 0.601. The zero-order valence-electron chi connectivity index (χ0n) is 15.7. The van der Waals surface area contributed by atoms with E-state index in [-0.39, 0.29) is 0 Å². The van der Waals surface area contributed by atoms with Crippen LogP contribution in [0.1, 0.15) is 64.4 Å². The summed E-state index contributed by atoms with van der Waals surface area (Å²) in [4.78, 5) is 0. The summed E-state index contributed by atoms with van der Waals surface area (Å²) in [5.74, 6) is 15.2. The van der Waals surface area contributed by atoms with Crippen molar-refractivity contribution < 1.29 is 4.74 Å². The molecular formula is C24H30O. The maximum Gasteiger partial charge on any atom is 0.119 e. The van der Waals surface area contributed by atoms with Crippen molar-refractivity contribution in [1.82, 2.24) is 0 Å². The fourth-order valence-corrected chi connectivity index (χ4v) is 3.23. The van der Waals surface area contributed by atoms with Crippen molar-refractivity contribution in [2.24, 2.45) is 11.8 Å². The first-order valence-corrected chi connectivity index (χ1v) is 9.72. The molecule has 2 rings (SSSR count). The third kappa shape index (κ3) is 7.53. The summed E-state index contributed by atoms with van der Waals surface area (Å²) in [6, 6.07) is 7.93. The number of allylic oxidation sites excluding steroid dienone is 2. The van der Waals surface area contributed by atoms with Crippen LogP contribution in [-0.2, 0) is 0 Å². The van der Waals surface area contributed by atoms with Gasteiger partial charge in [-0.15, -0.1) is 0 Å². The standard InChI is InChI=1S/C24H30O/c1-3-9-21-12-14-22(15-13-21)10-7-5-6-8-11-23-16-18-24(19-17-23)25-20-4-2/h5-6,16-19,21-22H,3-4,9,12-15,20H2,1-2H3/b6-5+. The van der Waals surface area contributed by atoms with Gasteiger partial charge in [-0.2, -0.15) is 0 Å². The van der Waals surface area contributed by atoms with E-state index in [1.807, 2.05) is 36.4 Å². The molecule has 0 bridgehead atoms. The molecule has 1 saturated carbocycles. The minimum atomic E-state index is 0.585. The lowest BCUT2D eigenvalue weighted by Gasteiger charge is -2.25. The Hall–Kier alpha value is -2.12. The van der Waals surface area contributed by atoms with Gasteiger partial charge in [0.1, 0.15) is 5.75 Å². The Morgan fingerprint density at radius 3 is 2.36 bits per heavy atom. The Labute approximate surface area is 153 Å². The average Bonchev–Trinajstić information content (AvgIpc) is 2.65. The molecule has 1 nitrogen and oxygen atoms in total. The van der Waals surface area contributed by atoms with Gasteiger partial charge in [0.2, 0.25) is 0 Å². The zero-order valence-corrected chi connectivity index (χ0v) is 15.7. The summed E-state index contributed by atoms with van der Waals surface area (Å²) in [6.07, 6.45) is 12.7. The summed E-state index contributed by atoms with van der Waals surface area (Å²) in [5.41, 5.74) is 0.996. The van der Waals surface area contributed by atoms with Crippen molar-refractivity contribution in [1.29, 1.82) is 0 Å². The molecule has 1 fully saturated rings. The van der Waals surface area contributed by atoms with Crippen LogP contribution in [0.15, 0.2) is 36.4 Å². The molecule has 0 saturated heterocycles. The van der Waals surface area contributed by atoms with E-state index in [4.69, 9.17) is 4.74 Å². The molecule has 132 valence electrons. The molecule has 1 aromatic carbocycles. The fourth-order valence-electron chi connectivity index (χ4n) is 3.23.